The first-order chi connectivity index (χ1) is 6.84. The highest BCUT2D eigenvalue weighted by atomic mass is 16.6. The molecule has 0 aliphatic carbocycles. The summed E-state index contributed by atoms with van der Waals surface area (Å²) in [5.74, 6) is 0. The van der Waals surface area contributed by atoms with Crippen LogP contribution < -0.4 is 0 Å². The minimum absolute atomic E-state index is 0.409. The summed E-state index contributed by atoms with van der Waals surface area (Å²) in [4.78, 5) is 13.2. The summed E-state index contributed by atoms with van der Waals surface area (Å²) in [6.45, 7) is 7.82. The fraction of sp³-hybridized carbons (Fsp3) is 0.727. The molecule has 1 atom stereocenters. The lowest BCUT2D eigenvalue weighted by molar-refractivity contribution is -0.00486. The number of likely N-dealkylation sites (tertiary alicyclic amines) is 1. The molecule has 4 heteroatoms. The van der Waals surface area contributed by atoms with Crippen molar-refractivity contribution in [1.29, 1.82) is 5.26 Å². The summed E-state index contributed by atoms with van der Waals surface area (Å²) in [6.07, 6.45) is 2.04. The van der Waals surface area contributed by atoms with Crippen LogP contribution in [-0.2, 0) is 4.74 Å². The summed E-state index contributed by atoms with van der Waals surface area (Å²) in [5, 5.41) is 9.02. The van der Waals surface area contributed by atoms with Crippen LogP contribution in [0.4, 0.5) is 4.79 Å². The third kappa shape index (κ3) is 2.23. The molecule has 1 fully saturated rings. The van der Waals surface area contributed by atoms with Crippen LogP contribution in [0.1, 0.15) is 34.1 Å². The molecule has 0 bridgehead atoms. The maximum atomic E-state index is 11.7. The van der Waals surface area contributed by atoms with Gasteiger partial charge in [-0.3, -0.25) is 4.90 Å². The number of carbonyl (C=O) groups excluding carboxylic acids is 1. The molecule has 1 rings (SSSR count). The van der Waals surface area contributed by atoms with Crippen molar-refractivity contribution in [3.8, 4) is 6.07 Å². The molecule has 83 valence electrons. The molecule has 1 saturated heterocycles. The highest BCUT2D eigenvalue weighted by Gasteiger charge is 2.48. The maximum absolute atomic E-state index is 11.7. The van der Waals surface area contributed by atoms with Crippen LogP contribution in [0, 0.1) is 17.8 Å². The van der Waals surface area contributed by atoms with Crippen molar-refractivity contribution < 1.29 is 9.53 Å². The zero-order chi connectivity index (χ0) is 11.7. The van der Waals surface area contributed by atoms with Gasteiger partial charge in [0.2, 0.25) is 0 Å². The molecule has 1 unspecified atom stereocenters. The van der Waals surface area contributed by atoms with Crippen LogP contribution >= 0.6 is 0 Å². The van der Waals surface area contributed by atoms with Gasteiger partial charge < -0.3 is 4.74 Å². The third-order valence-electron chi connectivity index (χ3n) is 2.44. The molecule has 0 spiro atoms. The predicted molar refractivity (Wildman–Crippen MR) is 55.9 cm³/mol. The first kappa shape index (κ1) is 11.8. The quantitative estimate of drug-likeness (QED) is 0.664. The molecule has 1 aliphatic heterocycles. The Morgan fingerprint density at radius 2 is 2.27 bits per heavy atom. The molecule has 15 heavy (non-hydrogen) atoms. The van der Waals surface area contributed by atoms with Gasteiger partial charge in [-0.1, -0.05) is 6.92 Å². The van der Waals surface area contributed by atoms with Crippen molar-refractivity contribution in [2.45, 2.75) is 45.3 Å². The second-order valence-electron chi connectivity index (χ2n) is 4.68. The molecule has 4 nitrogen and oxygen atoms in total. The Hall–Kier alpha value is -1.24. The highest BCUT2D eigenvalue weighted by Crippen LogP contribution is 2.33. The Kier molecular flexibility index (Phi) is 2.94. The molecular weight excluding hydrogens is 192 g/mol. The van der Waals surface area contributed by atoms with Crippen LogP contribution in [0.5, 0.6) is 0 Å². The van der Waals surface area contributed by atoms with Crippen molar-refractivity contribution in [1.82, 2.24) is 4.90 Å². The minimum Gasteiger partial charge on any atom is -0.444 e. The first-order valence-corrected chi connectivity index (χ1v) is 5.11. The molecule has 0 saturated carbocycles. The number of nitriles is 1. The van der Waals surface area contributed by atoms with E-state index < -0.39 is 17.2 Å². The topological polar surface area (TPSA) is 53.3 Å². The molecular formula is C11H17N2O2. The maximum Gasteiger partial charge on any atom is 0.411 e. The predicted octanol–water partition coefficient (Wildman–Crippen LogP) is 2.11. The lowest BCUT2D eigenvalue weighted by Crippen LogP contribution is -2.62. The van der Waals surface area contributed by atoms with E-state index in [0.29, 0.717) is 13.0 Å². The number of rotatable bonds is 1. The standard InChI is InChI=1S/C11H17N2O2/c1-5-11(8-12)6-7-13(11)9(14)15-10(2,3)4/h6H,5,7H2,1-4H3. The van der Waals surface area contributed by atoms with Gasteiger partial charge in [0.1, 0.15) is 11.1 Å². The Balaban J connectivity index is 2.67. The van der Waals surface area contributed by atoms with Gasteiger partial charge in [0, 0.05) is 13.0 Å². The Morgan fingerprint density at radius 1 is 1.67 bits per heavy atom. The van der Waals surface area contributed by atoms with Gasteiger partial charge in [-0.25, -0.2) is 4.79 Å². The number of hydrogen-bond acceptors (Lipinski definition) is 3. The second-order valence-corrected chi connectivity index (χ2v) is 4.68. The summed E-state index contributed by atoms with van der Waals surface area (Å²) < 4.78 is 5.22. The fourth-order valence-corrected chi connectivity index (χ4v) is 1.48. The molecule has 1 radical (unpaired) electrons. The zero-order valence-corrected chi connectivity index (χ0v) is 9.70. The van der Waals surface area contributed by atoms with E-state index in [1.54, 1.807) is 0 Å². The van der Waals surface area contributed by atoms with Gasteiger partial charge in [-0.15, -0.1) is 0 Å². The van der Waals surface area contributed by atoms with Gasteiger partial charge in [0.05, 0.1) is 6.07 Å². The van der Waals surface area contributed by atoms with E-state index in [2.05, 4.69) is 6.07 Å². The van der Waals surface area contributed by atoms with Crippen LogP contribution in [-0.4, -0.2) is 28.7 Å². The summed E-state index contributed by atoms with van der Waals surface area (Å²) in [7, 11) is 0. The summed E-state index contributed by atoms with van der Waals surface area (Å²) in [5.41, 5.74) is -1.26. The largest absolute Gasteiger partial charge is 0.444 e. The van der Waals surface area contributed by atoms with Crippen LogP contribution in [0.2, 0.25) is 0 Å². The molecule has 0 aromatic rings. The average molecular weight is 209 g/mol. The van der Waals surface area contributed by atoms with Crippen LogP contribution in [0.25, 0.3) is 0 Å². The lowest BCUT2D eigenvalue weighted by Gasteiger charge is -2.46. The van der Waals surface area contributed by atoms with Crippen molar-refractivity contribution in [2.24, 2.45) is 0 Å². The fourth-order valence-electron chi connectivity index (χ4n) is 1.48. The van der Waals surface area contributed by atoms with E-state index in [0.717, 1.165) is 0 Å². The SMILES string of the molecule is CCC1(C#N)[CH]CN1C(=O)OC(C)(C)C. The first-order valence-electron chi connectivity index (χ1n) is 5.11. The number of nitrogens with zero attached hydrogens (tertiary/aromatic N) is 2. The molecule has 1 aliphatic rings. The number of ether oxygens (including phenoxy) is 1. The molecule has 1 amide bonds. The van der Waals surface area contributed by atoms with Crippen molar-refractivity contribution in [3.05, 3.63) is 6.42 Å². The normalized spacial score (nSPS) is 25.4. The summed E-state index contributed by atoms with van der Waals surface area (Å²) in [6, 6.07) is 2.15. The van der Waals surface area contributed by atoms with Crippen molar-refractivity contribution in [3.63, 3.8) is 0 Å². The van der Waals surface area contributed by atoms with E-state index in [-0.39, 0.29) is 0 Å². The van der Waals surface area contributed by atoms with E-state index >= 15 is 0 Å². The second kappa shape index (κ2) is 3.73. The van der Waals surface area contributed by atoms with E-state index in [9.17, 15) is 4.79 Å². The van der Waals surface area contributed by atoms with E-state index in [1.807, 2.05) is 34.1 Å². The van der Waals surface area contributed by atoms with Crippen molar-refractivity contribution >= 4 is 6.09 Å². The number of amides is 1. The average Bonchev–Trinajstić information content (AvgIpc) is 2.01. The van der Waals surface area contributed by atoms with Gasteiger partial charge in [-0.05, 0) is 27.2 Å². The van der Waals surface area contributed by atoms with Gasteiger partial charge in [-0.2, -0.15) is 5.26 Å². The third-order valence-corrected chi connectivity index (χ3v) is 2.44. The Labute approximate surface area is 90.8 Å². The monoisotopic (exact) mass is 209 g/mol. The zero-order valence-electron chi connectivity index (χ0n) is 9.70. The lowest BCUT2D eigenvalue weighted by atomic mass is 9.84. The minimum atomic E-state index is -0.748. The van der Waals surface area contributed by atoms with Gasteiger partial charge in [0.25, 0.3) is 0 Å². The van der Waals surface area contributed by atoms with Gasteiger partial charge >= 0.3 is 6.09 Å². The Morgan fingerprint density at radius 3 is 2.53 bits per heavy atom. The van der Waals surface area contributed by atoms with Gasteiger partial charge in [0.15, 0.2) is 0 Å². The van der Waals surface area contributed by atoms with E-state index in [1.165, 1.54) is 4.90 Å². The highest BCUT2D eigenvalue weighted by molar-refractivity contribution is 5.72. The molecule has 0 aromatic heterocycles. The molecule has 1 heterocycles. The number of hydrogen-bond donors (Lipinski definition) is 0. The molecule has 0 N–H and O–H groups in total. The Bertz CT molecular complexity index is 297. The van der Waals surface area contributed by atoms with Crippen LogP contribution in [0.3, 0.4) is 0 Å². The van der Waals surface area contributed by atoms with Crippen LogP contribution in [0.15, 0.2) is 0 Å². The van der Waals surface area contributed by atoms with Crippen molar-refractivity contribution in [2.75, 3.05) is 6.54 Å². The number of carbonyl (C=O) groups is 1. The molecule has 0 aromatic carbocycles. The smallest absolute Gasteiger partial charge is 0.411 e. The van der Waals surface area contributed by atoms with E-state index in [4.69, 9.17) is 10.00 Å². The summed E-state index contributed by atoms with van der Waals surface area (Å²) >= 11 is 0.